The molecule has 0 saturated heterocycles. The number of methoxy groups -OCH3 is 1. The molecule has 3 N–H and O–H groups in total. The third-order valence-corrected chi connectivity index (χ3v) is 6.55. The van der Waals surface area contributed by atoms with Crippen LogP contribution in [0, 0.1) is 6.92 Å². The highest BCUT2D eigenvalue weighted by Crippen LogP contribution is 2.33. The summed E-state index contributed by atoms with van der Waals surface area (Å²) in [5.74, 6) is -0.483. The molecule has 220 valence electrons. The fourth-order valence-corrected chi connectivity index (χ4v) is 4.40. The number of aryl methyl sites for hydroxylation is 1. The zero-order chi connectivity index (χ0) is 29.9. The summed E-state index contributed by atoms with van der Waals surface area (Å²) in [6.45, 7) is 9.22. The van der Waals surface area contributed by atoms with Gasteiger partial charge in [-0.05, 0) is 63.9 Å². The molecule has 0 spiro atoms. The van der Waals surface area contributed by atoms with E-state index in [-0.39, 0.29) is 23.6 Å². The number of alkyl carbamates (subject to hydrolysis) is 1. The summed E-state index contributed by atoms with van der Waals surface area (Å²) in [5.41, 5.74) is 0.585. The van der Waals surface area contributed by atoms with Crippen molar-refractivity contribution >= 4 is 36.2 Å². The van der Waals surface area contributed by atoms with E-state index in [0.717, 1.165) is 19.3 Å². The number of carbonyl (C=O) groups is 3. The molecule has 0 saturated carbocycles. The summed E-state index contributed by atoms with van der Waals surface area (Å²) < 4.78 is 10.6. The van der Waals surface area contributed by atoms with Gasteiger partial charge >= 0.3 is 6.09 Å². The molecule has 40 heavy (non-hydrogen) atoms. The van der Waals surface area contributed by atoms with Gasteiger partial charge in [0.2, 0.25) is 5.91 Å². The second-order valence-electron chi connectivity index (χ2n) is 10.6. The molecule has 0 aliphatic heterocycles. The van der Waals surface area contributed by atoms with Gasteiger partial charge in [-0.3, -0.25) is 9.59 Å². The number of unbranched alkanes of at least 4 members (excludes halogenated alkanes) is 3. The summed E-state index contributed by atoms with van der Waals surface area (Å²) in [7, 11) is 1.55. The quantitative estimate of drug-likeness (QED) is 0.183. The Morgan fingerprint density at radius 2 is 1.73 bits per heavy atom. The van der Waals surface area contributed by atoms with Crippen LogP contribution in [0.25, 0.3) is 0 Å². The Morgan fingerprint density at radius 3 is 2.30 bits per heavy atom. The summed E-state index contributed by atoms with van der Waals surface area (Å²) in [6.07, 6.45) is 2.67. The molecule has 0 radical (unpaired) electrons. The van der Waals surface area contributed by atoms with Crippen molar-refractivity contribution in [2.24, 2.45) is 0 Å². The SMILES string of the molecule is CCCCCCN(C(=O)C(CS)NC(=O)OC(C)(C)C)C(C(=O)Nc1ccc(OC)cc1)c1cccc(C)c1O. The zero-order valence-electron chi connectivity index (χ0n) is 24.3. The maximum Gasteiger partial charge on any atom is 0.408 e. The first kappa shape index (κ1) is 32.8. The van der Waals surface area contributed by atoms with E-state index in [1.54, 1.807) is 77.3 Å². The lowest BCUT2D eigenvalue weighted by Crippen LogP contribution is -2.53. The molecular weight excluding hydrogens is 530 g/mol. The van der Waals surface area contributed by atoms with Gasteiger partial charge < -0.3 is 30.1 Å². The van der Waals surface area contributed by atoms with E-state index in [1.165, 1.54) is 4.90 Å². The van der Waals surface area contributed by atoms with Gasteiger partial charge in [-0.1, -0.05) is 44.4 Å². The van der Waals surface area contributed by atoms with Crippen LogP contribution in [0.3, 0.4) is 0 Å². The topological polar surface area (TPSA) is 117 Å². The fraction of sp³-hybridized carbons (Fsp3) is 0.500. The number of benzene rings is 2. The lowest BCUT2D eigenvalue weighted by atomic mass is 9.98. The minimum Gasteiger partial charge on any atom is -0.507 e. The lowest BCUT2D eigenvalue weighted by molar-refractivity contribution is -0.140. The Kier molecular flexibility index (Phi) is 12.6. The molecule has 2 atom stereocenters. The number of nitrogens with one attached hydrogen (secondary N) is 2. The number of phenolic OH excluding ortho intramolecular Hbond substituents is 1. The number of para-hydroxylation sites is 1. The van der Waals surface area contributed by atoms with Crippen molar-refractivity contribution in [3.63, 3.8) is 0 Å². The second kappa shape index (κ2) is 15.4. The van der Waals surface area contributed by atoms with Crippen LogP contribution in [-0.4, -0.2) is 59.0 Å². The van der Waals surface area contributed by atoms with Crippen LogP contribution < -0.4 is 15.4 Å². The van der Waals surface area contributed by atoms with Gasteiger partial charge in [0.05, 0.1) is 7.11 Å². The zero-order valence-corrected chi connectivity index (χ0v) is 25.2. The minimum atomic E-state index is -1.18. The van der Waals surface area contributed by atoms with E-state index in [1.807, 2.05) is 0 Å². The van der Waals surface area contributed by atoms with Crippen molar-refractivity contribution in [1.29, 1.82) is 0 Å². The van der Waals surface area contributed by atoms with Gasteiger partial charge in [-0.25, -0.2) is 4.79 Å². The Hall–Kier alpha value is -3.40. The molecule has 9 nitrogen and oxygen atoms in total. The van der Waals surface area contributed by atoms with Gasteiger partial charge in [-0.2, -0.15) is 12.6 Å². The maximum absolute atomic E-state index is 14.0. The van der Waals surface area contributed by atoms with Crippen LogP contribution in [0.4, 0.5) is 10.5 Å². The number of anilines is 1. The molecule has 0 heterocycles. The van der Waals surface area contributed by atoms with Gasteiger partial charge in [0.1, 0.15) is 29.2 Å². The molecule has 2 aromatic rings. The van der Waals surface area contributed by atoms with E-state index in [0.29, 0.717) is 23.4 Å². The highest BCUT2D eigenvalue weighted by atomic mass is 32.1. The van der Waals surface area contributed by atoms with E-state index < -0.39 is 35.6 Å². The van der Waals surface area contributed by atoms with Gasteiger partial charge in [-0.15, -0.1) is 0 Å². The van der Waals surface area contributed by atoms with Crippen molar-refractivity contribution < 1.29 is 29.0 Å². The predicted octanol–water partition coefficient (Wildman–Crippen LogP) is 5.62. The number of hydrogen-bond donors (Lipinski definition) is 4. The summed E-state index contributed by atoms with van der Waals surface area (Å²) >= 11 is 4.32. The second-order valence-corrected chi connectivity index (χ2v) is 11.0. The van der Waals surface area contributed by atoms with Crippen LogP contribution in [-0.2, 0) is 14.3 Å². The number of nitrogens with zero attached hydrogens (tertiary/aromatic N) is 1. The van der Waals surface area contributed by atoms with Crippen molar-refractivity contribution in [2.45, 2.75) is 78.0 Å². The molecule has 2 aromatic carbocycles. The molecule has 3 amide bonds. The fourth-order valence-electron chi connectivity index (χ4n) is 4.15. The largest absolute Gasteiger partial charge is 0.507 e. The normalized spacial score (nSPS) is 12.7. The van der Waals surface area contributed by atoms with Crippen LogP contribution in [0.5, 0.6) is 11.5 Å². The number of ether oxygens (including phenoxy) is 2. The molecule has 2 rings (SSSR count). The third kappa shape index (κ3) is 9.66. The molecule has 0 aromatic heterocycles. The molecule has 0 bridgehead atoms. The Balaban J connectivity index is 2.52. The van der Waals surface area contributed by atoms with E-state index in [2.05, 4.69) is 30.2 Å². The van der Waals surface area contributed by atoms with E-state index in [9.17, 15) is 19.5 Å². The number of hydrogen-bond acceptors (Lipinski definition) is 7. The molecular formula is C30H43N3O6S. The molecule has 10 heteroatoms. The summed E-state index contributed by atoms with van der Waals surface area (Å²) in [4.78, 5) is 41.9. The van der Waals surface area contributed by atoms with E-state index >= 15 is 0 Å². The number of aromatic hydroxyl groups is 1. The number of carbonyl (C=O) groups excluding carboxylic acids is 3. The highest BCUT2D eigenvalue weighted by Gasteiger charge is 2.37. The monoisotopic (exact) mass is 573 g/mol. The molecule has 2 unspecified atom stereocenters. The Labute approximate surface area is 243 Å². The van der Waals surface area contributed by atoms with Crippen LogP contribution in [0.2, 0.25) is 0 Å². The average molecular weight is 574 g/mol. The van der Waals surface area contributed by atoms with Crippen LogP contribution in [0.15, 0.2) is 42.5 Å². The predicted molar refractivity (Wildman–Crippen MR) is 160 cm³/mol. The Bertz CT molecular complexity index is 1130. The lowest BCUT2D eigenvalue weighted by Gasteiger charge is -2.34. The smallest absolute Gasteiger partial charge is 0.408 e. The Morgan fingerprint density at radius 1 is 1.05 bits per heavy atom. The standard InChI is InChI=1S/C30H43N3O6S/c1-7-8-9-10-18-33(28(36)24(19-40)32-29(37)39-30(3,4)5)25(23-13-11-12-20(2)26(23)34)27(35)31-21-14-16-22(38-6)17-15-21/h11-17,24-25,34,40H,7-10,18-19H2,1-6H3,(H,31,35)(H,32,37). The maximum atomic E-state index is 14.0. The number of thiol groups is 1. The number of phenols is 1. The van der Waals surface area contributed by atoms with Crippen molar-refractivity contribution in [2.75, 3.05) is 24.7 Å². The van der Waals surface area contributed by atoms with Gasteiger partial charge in [0, 0.05) is 23.5 Å². The third-order valence-electron chi connectivity index (χ3n) is 6.19. The number of amides is 3. The van der Waals surface area contributed by atoms with E-state index in [4.69, 9.17) is 9.47 Å². The first-order valence-electron chi connectivity index (χ1n) is 13.6. The van der Waals surface area contributed by atoms with Crippen molar-refractivity contribution in [3.8, 4) is 11.5 Å². The van der Waals surface area contributed by atoms with Crippen molar-refractivity contribution in [1.82, 2.24) is 10.2 Å². The highest BCUT2D eigenvalue weighted by molar-refractivity contribution is 7.80. The number of rotatable bonds is 13. The van der Waals surface area contributed by atoms with Gasteiger partial charge in [0.15, 0.2) is 0 Å². The molecule has 0 fully saturated rings. The average Bonchev–Trinajstić information content (AvgIpc) is 2.90. The molecule has 0 aliphatic rings. The first-order chi connectivity index (χ1) is 18.9. The first-order valence-corrected chi connectivity index (χ1v) is 14.2. The molecule has 0 aliphatic carbocycles. The van der Waals surface area contributed by atoms with Crippen LogP contribution in [0.1, 0.15) is 70.5 Å². The summed E-state index contributed by atoms with van der Waals surface area (Å²) in [5, 5.41) is 16.5. The van der Waals surface area contributed by atoms with Gasteiger partial charge in [0.25, 0.3) is 5.91 Å². The summed E-state index contributed by atoms with van der Waals surface area (Å²) in [6, 6.07) is 9.65. The van der Waals surface area contributed by atoms with Crippen LogP contribution >= 0.6 is 12.6 Å². The van der Waals surface area contributed by atoms with Crippen molar-refractivity contribution in [3.05, 3.63) is 53.6 Å². The minimum absolute atomic E-state index is 0.0177.